The third kappa shape index (κ3) is 4.08. The van der Waals surface area contributed by atoms with Crippen molar-refractivity contribution in [1.29, 1.82) is 5.26 Å². The maximum atomic E-state index is 12.4. The molecule has 5 heteroatoms. The van der Waals surface area contributed by atoms with Crippen LogP contribution in [-0.4, -0.2) is 28.9 Å². The summed E-state index contributed by atoms with van der Waals surface area (Å²) in [6.45, 7) is 9.25. The zero-order valence-corrected chi connectivity index (χ0v) is 14.7. The Morgan fingerprint density at radius 2 is 2.27 bits per heavy atom. The number of nitriles is 1. The highest BCUT2D eigenvalue weighted by Gasteiger charge is 2.43. The molecule has 0 aliphatic heterocycles. The summed E-state index contributed by atoms with van der Waals surface area (Å²) in [6, 6.07) is 4.67. The number of thiophene rings is 1. The molecular weight excluding hydrogens is 294 g/mol. The highest BCUT2D eigenvalue weighted by Crippen LogP contribution is 2.39. The molecule has 2 rings (SSSR count). The van der Waals surface area contributed by atoms with Gasteiger partial charge in [-0.15, -0.1) is 11.3 Å². The van der Waals surface area contributed by atoms with Gasteiger partial charge in [0.2, 0.25) is 5.91 Å². The van der Waals surface area contributed by atoms with Crippen LogP contribution in [0.15, 0.2) is 11.4 Å². The summed E-state index contributed by atoms with van der Waals surface area (Å²) in [7, 11) is 0. The van der Waals surface area contributed by atoms with Crippen LogP contribution in [0.3, 0.4) is 0 Å². The normalized spacial score (nSPS) is 17.3. The first-order chi connectivity index (χ1) is 10.4. The summed E-state index contributed by atoms with van der Waals surface area (Å²) in [6.07, 6.45) is 2.07. The molecule has 1 aromatic heterocycles. The van der Waals surface area contributed by atoms with Gasteiger partial charge in [-0.2, -0.15) is 5.26 Å². The summed E-state index contributed by atoms with van der Waals surface area (Å²) in [4.78, 5) is 15.8. The average molecular weight is 319 g/mol. The van der Waals surface area contributed by atoms with Crippen molar-refractivity contribution in [3.63, 3.8) is 0 Å². The van der Waals surface area contributed by atoms with Crippen molar-refractivity contribution < 1.29 is 4.79 Å². The van der Waals surface area contributed by atoms with Crippen LogP contribution in [0, 0.1) is 24.2 Å². The SMILES string of the molecule is Cc1ccsc1CN(CC(=O)N[C@](C)(C#N)C1CC1)C(C)C. The molecule has 22 heavy (non-hydrogen) atoms. The van der Waals surface area contributed by atoms with Crippen molar-refractivity contribution in [2.75, 3.05) is 6.54 Å². The first-order valence-electron chi connectivity index (χ1n) is 7.85. The van der Waals surface area contributed by atoms with Gasteiger partial charge in [-0.25, -0.2) is 0 Å². The Morgan fingerprint density at radius 1 is 1.59 bits per heavy atom. The minimum Gasteiger partial charge on any atom is -0.337 e. The smallest absolute Gasteiger partial charge is 0.235 e. The zero-order chi connectivity index (χ0) is 16.3. The van der Waals surface area contributed by atoms with Gasteiger partial charge in [0.1, 0.15) is 5.54 Å². The molecule has 0 unspecified atom stereocenters. The van der Waals surface area contributed by atoms with Crippen LogP contribution in [0.25, 0.3) is 0 Å². The Labute approximate surface area is 137 Å². The van der Waals surface area contributed by atoms with Crippen LogP contribution in [0.2, 0.25) is 0 Å². The number of rotatable bonds is 7. The lowest BCUT2D eigenvalue weighted by Gasteiger charge is -2.28. The molecule has 1 atom stereocenters. The molecule has 1 fully saturated rings. The summed E-state index contributed by atoms with van der Waals surface area (Å²) < 4.78 is 0. The second-order valence-corrected chi connectivity index (χ2v) is 7.66. The number of carbonyl (C=O) groups excluding carboxylic acids is 1. The Hall–Kier alpha value is -1.38. The Morgan fingerprint density at radius 3 is 2.73 bits per heavy atom. The van der Waals surface area contributed by atoms with Crippen molar-refractivity contribution in [3.8, 4) is 6.07 Å². The van der Waals surface area contributed by atoms with E-state index in [0.717, 1.165) is 19.4 Å². The van der Waals surface area contributed by atoms with Gasteiger partial charge >= 0.3 is 0 Å². The van der Waals surface area contributed by atoms with Gasteiger partial charge < -0.3 is 5.32 Å². The lowest BCUT2D eigenvalue weighted by molar-refractivity contribution is -0.124. The molecule has 0 spiro atoms. The maximum Gasteiger partial charge on any atom is 0.235 e. The van der Waals surface area contributed by atoms with Crippen molar-refractivity contribution in [2.45, 2.75) is 58.7 Å². The Balaban J connectivity index is 1.97. The van der Waals surface area contributed by atoms with E-state index in [4.69, 9.17) is 0 Å². The quantitative estimate of drug-likeness (QED) is 0.840. The monoisotopic (exact) mass is 319 g/mol. The summed E-state index contributed by atoms with van der Waals surface area (Å²) in [5, 5.41) is 14.4. The fourth-order valence-electron chi connectivity index (χ4n) is 2.57. The van der Waals surface area contributed by atoms with E-state index in [2.05, 4.69) is 48.5 Å². The molecule has 1 amide bonds. The second-order valence-electron chi connectivity index (χ2n) is 6.66. The van der Waals surface area contributed by atoms with Gasteiger partial charge in [-0.3, -0.25) is 9.69 Å². The number of aryl methyl sites for hydroxylation is 1. The highest BCUT2D eigenvalue weighted by atomic mass is 32.1. The van der Waals surface area contributed by atoms with Gasteiger partial charge in [-0.05, 0) is 63.5 Å². The topological polar surface area (TPSA) is 56.1 Å². The first kappa shape index (κ1) is 17.0. The van der Waals surface area contributed by atoms with E-state index in [9.17, 15) is 10.1 Å². The van der Waals surface area contributed by atoms with Crippen molar-refractivity contribution in [2.24, 2.45) is 5.92 Å². The van der Waals surface area contributed by atoms with E-state index >= 15 is 0 Å². The minimum absolute atomic E-state index is 0.0566. The molecule has 1 aromatic rings. The average Bonchev–Trinajstić information content (AvgIpc) is 3.23. The number of carbonyl (C=O) groups is 1. The Bertz CT molecular complexity index is 571. The summed E-state index contributed by atoms with van der Waals surface area (Å²) in [5.41, 5.74) is 0.564. The van der Waals surface area contributed by atoms with Crippen molar-refractivity contribution >= 4 is 17.2 Å². The molecule has 0 radical (unpaired) electrons. The van der Waals surface area contributed by atoms with Gasteiger partial charge in [0.15, 0.2) is 0 Å². The van der Waals surface area contributed by atoms with Gasteiger partial charge in [-0.1, -0.05) is 0 Å². The lowest BCUT2D eigenvalue weighted by Crippen LogP contribution is -2.50. The highest BCUT2D eigenvalue weighted by molar-refractivity contribution is 7.10. The molecule has 0 bridgehead atoms. The first-order valence-corrected chi connectivity index (χ1v) is 8.73. The van der Waals surface area contributed by atoms with Gasteiger partial charge in [0.05, 0.1) is 12.6 Å². The van der Waals surface area contributed by atoms with E-state index in [1.807, 2.05) is 6.92 Å². The van der Waals surface area contributed by atoms with Crippen LogP contribution >= 0.6 is 11.3 Å². The standard InChI is InChI=1S/C17H25N3OS/c1-12(2)20(9-15-13(3)7-8-22-15)10-16(21)19-17(4,11-18)14-5-6-14/h7-8,12,14H,5-6,9-10H2,1-4H3,(H,19,21)/t17-/m1/s1. The van der Waals surface area contributed by atoms with Crippen LogP contribution < -0.4 is 5.32 Å². The van der Waals surface area contributed by atoms with Crippen LogP contribution in [0.1, 0.15) is 44.1 Å². The second kappa shape index (κ2) is 6.80. The van der Waals surface area contributed by atoms with E-state index < -0.39 is 5.54 Å². The molecule has 1 heterocycles. The van der Waals surface area contributed by atoms with Gasteiger partial charge in [0.25, 0.3) is 0 Å². The molecular formula is C17H25N3OS. The zero-order valence-electron chi connectivity index (χ0n) is 13.8. The van der Waals surface area contributed by atoms with Crippen molar-refractivity contribution in [3.05, 3.63) is 21.9 Å². The predicted octanol–water partition coefficient (Wildman–Crippen LogP) is 3.08. The third-order valence-electron chi connectivity index (χ3n) is 4.42. The Kier molecular flexibility index (Phi) is 5.25. The lowest BCUT2D eigenvalue weighted by atomic mass is 9.98. The molecule has 1 saturated carbocycles. The van der Waals surface area contributed by atoms with Crippen LogP contribution in [0.5, 0.6) is 0 Å². The molecule has 120 valence electrons. The number of nitrogens with zero attached hydrogens (tertiary/aromatic N) is 2. The number of nitrogens with one attached hydrogen (secondary N) is 1. The molecule has 1 N–H and O–H groups in total. The van der Waals surface area contributed by atoms with E-state index in [1.165, 1.54) is 10.4 Å². The molecule has 1 aliphatic rings. The fourth-order valence-corrected chi connectivity index (χ4v) is 3.50. The number of amides is 1. The van der Waals surface area contributed by atoms with Crippen LogP contribution in [-0.2, 0) is 11.3 Å². The number of hydrogen-bond donors (Lipinski definition) is 1. The molecule has 0 aromatic carbocycles. The molecule has 1 aliphatic carbocycles. The third-order valence-corrected chi connectivity index (χ3v) is 5.42. The minimum atomic E-state index is -0.710. The van der Waals surface area contributed by atoms with Gasteiger partial charge in [0, 0.05) is 17.5 Å². The summed E-state index contributed by atoms with van der Waals surface area (Å²) >= 11 is 1.73. The van der Waals surface area contributed by atoms with E-state index in [0.29, 0.717) is 12.5 Å². The van der Waals surface area contributed by atoms with E-state index in [1.54, 1.807) is 11.3 Å². The molecule has 0 saturated heterocycles. The largest absolute Gasteiger partial charge is 0.337 e. The summed E-state index contributed by atoms with van der Waals surface area (Å²) in [5.74, 6) is 0.257. The fraction of sp³-hybridized carbons (Fsp3) is 0.647. The molecule has 4 nitrogen and oxygen atoms in total. The maximum absolute atomic E-state index is 12.4. The predicted molar refractivity (Wildman–Crippen MR) is 89.5 cm³/mol. The number of hydrogen-bond acceptors (Lipinski definition) is 4. The van der Waals surface area contributed by atoms with E-state index in [-0.39, 0.29) is 11.9 Å². The van der Waals surface area contributed by atoms with Crippen LogP contribution in [0.4, 0.5) is 0 Å². The van der Waals surface area contributed by atoms with Crippen molar-refractivity contribution in [1.82, 2.24) is 10.2 Å².